The van der Waals surface area contributed by atoms with Crippen LogP contribution in [0.25, 0.3) is 0 Å². The van der Waals surface area contributed by atoms with E-state index in [-0.39, 0.29) is 31.1 Å². The van der Waals surface area contributed by atoms with Gasteiger partial charge in [0, 0.05) is 17.5 Å². The first kappa shape index (κ1) is 38.7. The highest BCUT2D eigenvalue weighted by Gasteiger charge is 2.39. The molecule has 0 spiro atoms. The van der Waals surface area contributed by atoms with Crippen LogP contribution in [0.2, 0.25) is 0 Å². The Morgan fingerprint density at radius 3 is 1.16 bits per heavy atom. The first-order valence-electron chi connectivity index (χ1n) is 14.7. The second-order valence-electron chi connectivity index (χ2n) is 10.5. The zero-order valence-corrected chi connectivity index (χ0v) is 27.8. The molecule has 0 bridgehead atoms. The highest BCUT2D eigenvalue weighted by molar-refractivity contribution is 7.86. The van der Waals surface area contributed by atoms with Gasteiger partial charge in [-0.05, 0) is 59.7 Å². The number of rotatable bonds is 16. The zero-order chi connectivity index (χ0) is 37.1. The van der Waals surface area contributed by atoms with Gasteiger partial charge in [-0.2, -0.15) is 43.2 Å². The van der Waals surface area contributed by atoms with Gasteiger partial charge in [-0.15, -0.1) is 0 Å². The summed E-state index contributed by atoms with van der Waals surface area (Å²) < 4.78 is 150. The Labute approximate surface area is 289 Å². The molecule has 272 valence electrons. The van der Waals surface area contributed by atoms with Crippen molar-refractivity contribution in [2.75, 3.05) is 13.2 Å². The van der Waals surface area contributed by atoms with Crippen molar-refractivity contribution < 1.29 is 61.2 Å². The number of hydrogen-bond donors (Lipinski definition) is 0. The third-order valence-electron chi connectivity index (χ3n) is 6.48. The van der Waals surface area contributed by atoms with Crippen LogP contribution >= 0.6 is 0 Å². The van der Waals surface area contributed by atoms with E-state index in [1.165, 1.54) is 48.5 Å². The summed E-state index contributed by atoms with van der Waals surface area (Å²) in [4.78, 5) is 0. The molecule has 0 aliphatic carbocycles. The second-order valence-corrected chi connectivity index (χ2v) is 13.6. The summed E-state index contributed by atoms with van der Waals surface area (Å²) in [5.41, 5.74) is -3.49. The van der Waals surface area contributed by atoms with Crippen molar-refractivity contribution in [3.8, 4) is 11.5 Å². The van der Waals surface area contributed by atoms with Crippen LogP contribution in [-0.4, -0.2) is 53.8 Å². The number of alkyl halides is 6. The van der Waals surface area contributed by atoms with E-state index >= 15 is 0 Å². The first-order chi connectivity index (χ1) is 24.0. The Hall–Kier alpha value is -5.10. The number of benzene rings is 4. The minimum absolute atomic E-state index is 0.0398. The SMILES string of the molecule is O=S(=O)(Cc1ccccc1)O/N=C(/c1ccc(OCCCOc2ccc(/C(=N/OS(=O)(=O)Cc3ccccc3)C(F)(F)F)cc2)cc1)C(F)(F)F. The first-order valence-corrected chi connectivity index (χ1v) is 17.8. The van der Waals surface area contributed by atoms with Crippen LogP contribution in [0, 0.1) is 0 Å². The molecule has 0 aliphatic heterocycles. The van der Waals surface area contributed by atoms with E-state index in [1.807, 2.05) is 0 Å². The van der Waals surface area contributed by atoms with Crippen LogP contribution in [0.1, 0.15) is 28.7 Å². The normalized spacial score (nSPS) is 13.1. The van der Waals surface area contributed by atoms with E-state index < -0.39 is 66.6 Å². The van der Waals surface area contributed by atoms with Gasteiger partial charge in [0.25, 0.3) is 0 Å². The van der Waals surface area contributed by atoms with Gasteiger partial charge in [0.1, 0.15) is 23.0 Å². The van der Waals surface area contributed by atoms with Crippen molar-refractivity contribution in [1.29, 1.82) is 0 Å². The van der Waals surface area contributed by atoms with Gasteiger partial charge in [-0.3, -0.25) is 8.57 Å². The molecule has 0 saturated carbocycles. The molecule has 51 heavy (non-hydrogen) atoms. The summed E-state index contributed by atoms with van der Waals surface area (Å²) in [6.45, 7) is 0.0797. The fraction of sp³-hybridized carbons (Fsp3) is 0.212. The lowest BCUT2D eigenvalue weighted by Crippen LogP contribution is -2.25. The molecule has 0 amide bonds. The van der Waals surface area contributed by atoms with Crippen LogP contribution in [0.3, 0.4) is 0 Å². The molecule has 0 heterocycles. The Bertz CT molecular complexity index is 1860. The van der Waals surface area contributed by atoms with Crippen LogP contribution in [0.5, 0.6) is 11.5 Å². The summed E-state index contributed by atoms with van der Waals surface area (Å²) in [7, 11) is -8.94. The van der Waals surface area contributed by atoms with Crippen molar-refractivity contribution in [2.45, 2.75) is 30.3 Å². The molecule has 0 fully saturated rings. The zero-order valence-electron chi connectivity index (χ0n) is 26.2. The van der Waals surface area contributed by atoms with E-state index in [2.05, 4.69) is 18.9 Å². The number of ether oxygens (including phenoxy) is 2. The van der Waals surface area contributed by atoms with E-state index in [0.717, 1.165) is 24.3 Å². The summed E-state index contributed by atoms with van der Waals surface area (Å²) in [6.07, 6.45) is -9.83. The molecule has 4 aromatic carbocycles. The molecule has 0 saturated heterocycles. The Morgan fingerprint density at radius 1 is 0.510 bits per heavy atom. The van der Waals surface area contributed by atoms with Gasteiger partial charge in [-0.25, -0.2) is 0 Å². The van der Waals surface area contributed by atoms with Crippen molar-refractivity contribution in [1.82, 2.24) is 0 Å². The second kappa shape index (κ2) is 16.7. The fourth-order valence-electron chi connectivity index (χ4n) is 4.19. The van der Waals surface area contributed by atoms with Crippen molar-refractivity contribution in [3.05, 3.63) is 131 Å². The molecule has 0 aliphatic rings. The fourth-order valence-corrected chi connectivity index (χ4v) is 5.87. The quantitative estimate of drug-likeness (QED) is 0.0510. The number of halogens is 6. The van der Waals surface area contributed by atoms with Gasteiger partial charge in [0.05, 0.1) is 13.2 Å². The number of oxime groups is 2. The minimum Gasteiger partial charge on any atom is -0.493 e. The third kappa shape index (κ3) is 12.6. The highest BCUT2D eigenvalue weighted by atomic mass is 32.2. The predicted octanol–water partition coefficient (Wildman–Crippen LogP) is 7.16. The van der Waals surface area contributed by atoms with Crippen molar-refractivity contribution in [3.63, 3.8) is 0 Å². The lowest BCUT2D eigenvalue weighted by Gasteiger charge is -2.12. The van der Waals surface area contributed by atoms with Crippen LogP contribution in [-0.2, 0) is 40.3 Å². The summed E-state index contributed by atoms with van der Waals surface area (Å²) in [5, 5.41) is 5.78. The van der Waals surface area contributed by atoms with Crippen molar-refractivity contribution in [2.24, 2.45) is 10.3 Å². The van der Waals surface area contributed by atoms with E-state index in [9.17, 15) is 43.2 Å². The smallest absolute Gasteiger partial charge is 0.437 e. The topological polar surface area (TPSA) is 130 Å². The van der Waals surface area contributed by atoms with Crippen LogP contribution < -0.4 is 9.47 Å². The standard InChI is InChI=1S/C33H28F6N2O8S2/c34-32(35,36)30(40-48-50(42,43)22-24-8-3-1-4-9-24)26-12-16-28(17-13-26)46-20-7-21-47-29-18-14-27(15-19-29)31(33(37,38)39)41-49-51(44,45)23-25-10-5-2-6-11-25/h1-6,8-19H,7,20-23H2/b40-30-,41-31-. The molecular formula is C33H28F6N2O8S2. The van der Waals surface area contributed by atoms with Gasteiger partial charge in [0.15, 0.2) is 11.4 Å². The molecule has 10 nitrogen and oxygen atoms in total. The molecular weight excluding hydrogens is 730 g/mol. The number of nitrogens with zero attached hydrogens (tertiary/aromatic N) is 2. The van der Waals surface area contributed by atoms with E-state index in [0.29, 0.717) is 11.1 Å². The third-order valence-corrected chi connectivity index (χ3v) is 8.45. The molecule has 0 radical (unpaired) electrons. The molecule has 4 aromatic rings. The Balaban J connectivity index is 1.28. The number of hydrogen-bond acceptors (Lipinski definition) is 10. The largest absolute Gasteiger partial charge is 0.493 e. The summed E-state index contributed by atoms with van der Waals surface area (Å²) in [5.74, 6) is -1.02. The monoisotopic (exact) mass is 758 g/mol. The summed E-state index contributed by atoms with van der Waals surface area (Å²) >= 11 is 0. The molecule has 0 aromatic heterocycles. The van der Waals surface area contributed by atoms with Crippen molar-refractivity contribution >= 4 is 31.7 Å². The molecule has 0 atom stereocenters. The van der Waals surface area contributed by atoms with Gasteiger partial charge in [0.2, 0.25) is 0 Å². The average Bonchev–Trinajstić information content (AvgIpc) is 3.05. The average molecular weight is 759 g/mol. The lowest BCUT2D eigenvalue weighted by atomic mass is 10.1. The van der Waals surface area contributed by atoms with E-state index in [1.54, 1.807) is 36.4 Å². The maximum Gasteiger partial charge on any atom is 0.437 e. The van der Waals surface area contributed by atoms with Crippen LogP contribution in [0.4, 0.5) is 26.3 Å². The predicted molar refractivity (Wildman–Crippen MR) is 174 cm³/mol. The Kier molecular flexibility index (Phi) is 12.7. The lowest BCUT2D eigenvalue weighted by molar-refractivity contribution is -0.0606. The van der Waals surface area contributed by atoms with Gasteiger partial charge >= 0.3 is 32.6 Å². The molecule has 0 N–H and O–H groups in total. The molecule has 4 rings (SSSR count). The van der Waals surface area contributed by atoms with E-state index in [4.69, 9.17) is 9.47 Å². The maximum atomic E-state index is 13.7. The highest BCUT2D eigenvalue weighted by Crippen LogP contribution is 2.27. The molecule has 0 unspecified atom stereocenters. The minimum atomic E-state index is -5.04. The van der Waals surface area contributed by atoms with Crippen LogP contribution in [0.15, 0.2) is 120 Å². The Morgan fingerprint density at radius 2 is 0.843 bits per heavy atom. The van der Waals surface area contributed by atoms with Gasteiger partial charge in [-0.1, -0.05) is 71.0 Å². The summed E-state index contributed by atoms with van der Waals surface area (Å²) in [6, 6.07) is 24.3. The molecule has 18 heteroatoms. The van der Waals surface area contributed by atoms with Gasteiger partial charge < -0.3 is 9.47 Å². The maximum absolute atomic E-state index is 13.7.